The van der Waals surface area contributed by atoms with Gasteiger partial charge in [0.1, 0.15) is 11.8 Å². The van der Waals surface area contributed by atoms with Crippen molar-refractivity contribution < 1.29 is 24.2 Å². The maximum atomic E-state index is 12.6. The Kier molecular flexibility index (Phi) is 4.88. The van der Waals surface area contributed by atoms with E-state index in [4.69, 9.17) is 4.74 Å². The number of carboxylic acid groups (broad SMARTS) is 1. The molecule has 3 rings (SSSR count). The zero-order chi connectivity index (χ0) is 18.7. The summed E-state index contributed by atoms with van der Waals surface area (Å²) in [6.45, 7) is 0. The van der Waals surface area contributed by atoms with Crippen LogP contribution in [-0.4, -0.2) is 30.9 Å². The first-order valence-electron chi connectivity index (χ1n) is 8.04. The molecule has 26 heavy (non-hydrogen) atoms. The van der Waals surface area contributed by atoms with Gasteiger partial charge in [-0.25, -0.2) is 4.90 Å². The van der Waals surface area contributed by atoms with Gasteiger partial charge in [-0.15, -0.1) is 0 Å². The first-order valence-corrected chi connectivity index (χ1v) is 8.04. The molecule has 1 saturated heterocycles. The average Bonchev–Trinajstić information content (AvgIpc) is 2.90. The van der Waals surface area contributed by atoms with Crippen LogP contribution in [0.3, 0.4) is 0 Å². The number of hydrogen-bond acceptors (Lipinski definition) is 6. The Bertz CT molecular complexity index is 847. The Balaban J connectivity index is 1.73. The summed E-state index contributed by atoms with van der Waals surface area (Å²) >= 11 is 0. The minimum absolute atomic E-state index is 0.0385. The SMILES string of the molecule is COc1cccc(N2C(=O)C[C@H](Nc3ccc(CC(=O)[O-])cc3)C2=O)c1. The number of aliphatic carboxylic acids is 1. The second kappa shape index (κ2) is 7.26. The highest BCUT2D eigenvalue weighted by molar-refractivity contribution is 6.23. The molecule has 134 valence electrons. The summed E-state index contributed by atoms with van der Waals surface area (Å²) in [6.07, 6.45) is -0.137. The molecule has 2 aromatic rings. The van der Waals surface area contributed by atoms with Gasteiger partial charge in [-0.1, -0.05) is 18.2 Å². The van der Waals surface area contributed by atoms with Crippen molar-refractivity contribution in [3.8, 4) is 5.75 Å². The van der Waals surface area contributed by atoms with E-state index in [0.29, 0.717) is 22.7 Å². The molecule has 2 amide bonds. The van der Waals surface area contributed by atoms with Crippen molar-refractivity contribution in [2.45, 2.75) is 18.9 Å². The van der Waals surface area contributed by atoms with Crippen molar-refractivity contribution in [1.29, 1.82) is 0 Å². The largest absolute Gasteiger partial charge is 0.550 e. The molecule has 7 heteroatoms. The van der Waals surface area contributed by atoms with E-state index in [2.05, 4.69) is 5.32 Å². The fourth-order valence-corrected chi connectivity index (χ4v) is 2.85. The second-order valence-corrected chi connectivity index (χ2v) is 5.92. The second-order valence-electron chi connectivity index (χ2n) is 5.92. The maximum Gasteiger partial charge on any atom is 0.256 e. The Morgan fingerprint density at radius 2 is 1.96 bits per heavy atom. The van der Waals surface area contributed by atoms with Crippen LogP contribution in [0.2, 0.25) is 0 Å². The van der Waals surface area contributed by atoms with Gasteiger partial charge < -0.3 is 20.0 Å². The van der Waals surface area contributed by atoms with Crippen molar-refractivity contribution in [3.63, 3.8) is 0 Å². The quantitative estimate of drug-likeness (QED) is 0.769. The van der Waals surface area contributed by atoms with E-state index >= 15 is 0 Å². The van der Waals surface area contributed by atoms with Gasteiger partial charge in [0, 0.05) is 24.1 Å². The Morgan fingerprint density at radius 1 is 1.23 bits per heavy atom. The van der Waals surface area contributed by atoms with Crippen LogP contribution in [0.15, 0.2) is 48.5 Å². The minimum atomic E-state index is -1.16. The van der Waals surface area contributed by atoms with E-state index in [1.165, 1.54) is 7.11 Å². The number of carbonyl (C=O) groups excluding carboxylic acids is 3. The van der Waals surface area contributed by atoms with Crippen molar-refractivity contribution in [2.24, 2.45) is 0 Å². The number of carbonyl (C=O) groups is 3. The number of rotatable bonds is 6. The number of amides is 2. The molecule has 0 aromatic heterocycles. The predicted octanol–water partition coefficient (Wildman–Crippen LogP) is 0.732. The van der Waals surface area contributed by atoms with Gasteiger partial charge in [-0.3, -0.25) is 9.59 Å². The van der Waals surface area contributed by atoms with Crippen LogP contribution >= 0.6 is 0 Å². The molecule has 0 saturated carbocycles. The van der Waals surface area contributed by atoms with Crippen molar-refractivity contribution in [3.05, 3.63) is 54.1 Å². The summed E-state index contributed by atoms with van der Waals surface area (Å²) in [7, 11) is 1.52. The third-order valence-electron chi connectivity index (χ3n) is 4.10. The number of nitrogens with one attached hydrogen (secondary N) is 1. The molecule has 1 atom stereocenters. The first-order chi connectivity index (χ1) is 12.5. The topological polar surface area (TPSA) is 98.8 Å². The molecule has 0 radical (unpaired) electrons. The van der Waals surface area contributed by atoms with Gasteiger partial charge in [-0.2, -0.15) is 0 Å². The van der Waals surface area contributed by atoms with Gasteiger partial charge in [0.15, 0.2) is 0 Å². The van der Waals surface area contributed by atoms with Gasteiger partial charge >= 0.3 is 0 Å². The van der Waals surface area contributed by atoms with Crippen LogP contribution in [0, 0.1) is 0 Å². The molecule has 0 unspecified atom stereocenters. The lowest BCUT2D eigenvalue weighted by Gasteiger charge is -2.17. The molecular formula is C19H17N2O5-. The molecule has 1 aliphatic heterocycles. The molecule has 1 heterocycles. The van der Waals surface area contributed by atoms with Gasteiger partial charge in [0.25, 0.3) is 5.91 Å². The zero-order valence-electron chi connectivity index (χ0n) is 14.1. The number of benzene rings is 2. The van der Waals surface area contributed by atoms with Gasteiger partial charge in [0.05, 0.1) is 19.2 Å². The van der Waals surface area contributed by atoms with Crippen molar-refractivity contribution >= 4 is 29.2 Å². The molecule has 2 aromatic carbocycles. The van der Waals surface area contributed by atoms with Crippen molar-refractivity contribution in [2.75, 3.05) is 17.3 Å². The van der Waals surface area contributed by atoms with Gasteiger partial charge in [0.2, 0.25) is 5.91 Å². The first kappa shape index (κ1) is 17.5. The van der Waals surface area contributed by atoms with E-state index in [9.17, 15) is 19.5 Å². The Morgan fingerprint density at radius 3 is 2.62 bits per heavy atom. The summed E-state index contributed by atoms with van der Waals surface area (Å²) < 4.78 is 5.13. The smallest absolute Gasteiger partial charge is 0.256 e. The van der Waals surface area contributed by atoms with Crippen molar-refractivity contribution in [1.82, 2.24) is 0 Å². The van der Waals surface area contributed by atoms with Gasteiger partial charge in [-0.05, 0) is 29.8 Å². The monoisotopic (exact) mass is 353 g/mol. The minimum Gasteiger partial charge on any atom is -0.550 e. The van der Waals surface area contributed by atoms with E-state index in [-0.39, 0.29) is 24.7 Å². The standard InChI is InChI=1S/C19H18N2O5/c1-26-15-4-2-3-14(10-15)21-17(22)11-16(19(21)25)20-13-7-5-12(6-8-13)9-18(23)24/h2-8,10,16,20H,9,11H2,1H3,(H,23,24)/p-1/t16-/m0/s1. The fraction of sp³-hybridized carbons (Fsp3) is 0.211. The van der Waals surface area contributed by atoms with E-state index in [0.717, 1.165) is 4.90 Å². The fourth-order valence-electron chi connectivity index (χ4n) is 2.85. The molecule has 1 aliphatic rings. The van der Waals surface area contributed by atoms with Crippen LogP contribution in [0.5, 0.6) is 5.75 Å². The molecule has 1 N–H and O–H groups in total. The number of ether oxygens (including phenoxy) is 1. The zero-order valence-corrected chi connectivity index (χ0v) is 14.1. The highest BCUT2D eigenvalue weighted by Gasteiger charge is 2.39. The maximum absolute atomic E-state index is 12.6. The lowest BCUT2D eigenvalue weighted by Crippen LogP contribution is -2.34. The molecule has 7 nitrogen and oxygen atoms in total. The lowest BCUT2D eigenvalue weighted by molar-refractivity contribution is -0.304. The predicted molar refractivity (Wildman–Crippen MR) is 92.7 cm³/mol. The molecule has 0 bridgehead atoms. The third kappa shape index (κ3) is 3.66. The lowest BCUT2D eigenvalue weighted by atomic mass is 10.1. The summed E-state index contributed by atoms with van der Waals surface area (Å²) in [4.78, 5) is 36.7. The normalized spacial score (nSPS) is 16.7. The Hall–Kier alpha value is -3.35. The van der Waals surface area contributed by atoms with Crippen LogP contribution in [-0.2, 0) is 20.8 Å². The Labute approximate surface area is 150 Å². The number of hydrogen-bond donors (Lipinski definition) is 1. The summed E-state index contributed by atoms with van der Waals surface area (Å²) in [5, 5.41) is 13.6. The van der Waals surface area contributed by atoms with Crippen LogP contribution in [0.25, 0.3) is 0 Å². The third-order valence-corrected chi connectivity index (χ3v) is 4.10. The number of carboxylic acids is 1. The molecular weight excluding hydrogens is 336 g/mol. The molecule has 1 fully saturated rings. The molecule has 0 spiro atoms. The average molecular weight is 353 g/mol. The molecule has 0 aliphatic carbocycles. The number of nitrogens with zero attached hydrogens (tertiary/aromatic N) is 1. The summed E-state index contributed by atoms with van der Waals surface area (Å²) in [6, 6.07) is 12.7. The van der Waals surface area contributed by atoms with E-state index < -0.39 is 12.0 Å². The highest BCUT2D eigenvalue weighted by Crippen LogP contribution is 2.27. The number of imide groups is 1. The van der Waals surface area contributed by atoms with E-state index in [1.54, 1.807) is 48.5 Å². The number of methoxy groups -OCH3 is 1. The van der Waals surface area contributed by atoms with Crippen LogP contribution in [0.1, 0.15) is 12.0 Å². The van der Waals surface area contributed by atoms with E-state index in [1.807, 2.05) is 0 Å². The highest BCUT2D eigenvalue weighted by atomic mass is 16.5. The van der Waals surface area contributed by atoms with Crippen LogP contribution in [0.4, 0.5) is 11.4 Å². The summed E-state index contributed by atoms with van der Waals surface area (Å²) in [5.41, 5.74) is 1.70. The summed E-state index contributed by atoms with van der Waals surface area (Å²) in [5.74, 6) is -1.24. The van der Waals surface area contributed by atoms with Crippen LogP contribution < -0.4 is 20.1 Å². The number of anilines is 2.